The van der Waals surface area contributed by atoms with Gasteiger partial charge in [0.15, 0.2) is 0 Å². The van der Waals surface area contributed by atoms with E-state index in [9.17, 15) is 13.6 Å². The first kappa shape index (κ1) is 15.0. The van der Waals surface area contributed by atoms with Crippen LogP contribution in [0.15, 0.2) is 17.0 Å². The van der Waals surface area contributed by atoms with E-state index in [-0.39, 0.29) is 16.4 Å². The number of alkyl halides is 2. The van der Waals surface area contributed by atoms with Crippen LogP contribution >= 0.6 is 11.8 Å². The zero-order valence-electron chi connectivity index (χ0n) is 10.5. The third-order valence-corrected chi connectivity index (χ3v) is 3.65. The third kappa shape index (κ3) is 3.22. The van der Waals surface area contributed by atoms with E-state index in [1.54, 1.807) is 6.92 Å². The molecule has 0 aliphatic heterocycles. The SMILES string of the molecule is CCc1c(C(=O)O)ccc(C(F)F)c1SC(C)C. The molecular weight excluding hydrogens is 258 g/mol. The molecule has 5 heteroatoms. The average Bonchev–Trinajstić information content (AvgIpc) is 2.26. The van der Waals surface area contributed by atoms with Crippen LogP contribution in [0.3, 0.4) is 0 Å². The molecule has 1 N–H and O–H groups in total. The van der Waals surface area contributed by atoms with E-state index in [4.69, 9.17) is 5.11 Å². The summed E-state index contributed by atoms with van der Waals surface area (Å²) in [7, 11) is 0. The highest BCUT2D eigenvalue weighted by molar-refractivity contribution is 8.00. The molecule has 0 radical (unpaired) electrons. The minimum atomic E-state index is -2.58. The predicted octanol–water partition coefficient (Wildman–Crippen LogP) is 4.39. The lowest BCUT2D eigenvalue weighted by molar-refractivity contribution is 0.0694. The Hall–Kier alpha value is -1.10. The minimum absolute atomic E-state index is 0.0736. The number of carbonyl (C=O) groups is 1. The van der Waals surface area contributed by atoms with Gasteiger partial charge >= 0.3 is 5.97 Å². The van der Waals surface area contributed by atoms with Crippen molar-refractivity contribution in [2.75, 3.05) is 0 Å². The molecule has 0 spiro atoms. The van der Waals surface area contributed by atoms with Gasteiger partial charge in [0.25, 0.3) is 6.43 Å². The smallest absolute Gasteiger partial charge is 0.336 e. The van der Waals surface area contributed by atoms with Crippen molar-refractivity contribution in [3.8, 4) is 0 Å². The molecular formula is C13H16F2O2S. The number of carboxylic acid groups (broad SMARTS) is 1. The van der Waals surface area contributed by atoms with Crippen molar-refractivity contribution < 1.29 is 18.7 Å². The van der Waals surface area contributed by atoms with Gasteiger partial charge in [0, 0.05) is 15.7 Å². The standard InChI is InChI=1S/C13H16F2O2S/c1-4-8-9(13(16)17)5-6-10(12(14)15)11(8)18-7(2)3/h5-7,12H,4H2,1-3H3,(H,16,17). The van der Waals surface area contributed by atoms with Crippen LogP contribution in [0.5, 0.6) is 0 Å². The Balaban J connectivity index is 3.45. The second-order valence-corrected chi connectivity index (χ2v) is 5.72. The van der Waals surface area contributed by atoms with Crippen molar-refractivity contribution in [2.45, 2.75) is 43.8 Å². The minimum Gasteiger partial charge on any atom is -0.478 e. The van der Waals surface area contributed by atoms with Crippen LogP contribution in [0.4, 0.5) is 8.78 Å². The zero-order chi connectivity index (χ0) is 13.9. The van der Waals surface area contributed by atoms with Crippen molar-refractivity contribution in [1.82, 2.24) is 0 Å². The summed E-state index contributed by atoms with van der Waals surface area (Å²) in [6.45, 7) is 5.57. The van der Waals surface area contributed by atoms with E-state index in [0.29, 0.717) is 16.9 Å². The number of aromatic carboxylic acids is 1. The van der Waals surface area contributed by atoms with Crippen LogP contribution in [-0.2, 0) is 6.42 Å². The van der Waals surface area contributed by atoms with Gasteiger partial charge in [-0.1, -0.05) is 26.8 Å². The Labute approximate surface area is 109 Å². The number of hydrogen-bond donors (Lipinski definition) is 1. The number of hydrogen-bond acceptors (Lipinski definition) is 2. The van der Waals surface area contributed by atoms with Gasteiger partial charge in [-0.05, 0) is 18.1 Å². The van der Waals surface area contributed by atoms with Gasteiger partial charge in [-0.3, -0.25) is 0 Å². The van der Waals surface area contributed by atoms with Crippen LogP contribution in [-0.4, -0.2) is 16.3 Å². The molecule has 1 aromatic carbocycles. The molecule has 0 heterocycles. The summed E-state index contributed by atoms with van der Waals surface area (Å²) in [5.41, 5.74) is 0.541. The second kappa shape index (κ2) is 6.18. The van der Waals surface area contributed by atoms with E-state index < -0.39 is 12.4 Å². The fraction of sp³-hybridized carbons (Fsp3) is 0.462. The maximum atomic E-state index is 13.0. The topological polar surface area (TPSA) is 37.3 Å². The van der Waals surface area contributed by atoms with Crippen LogP contribution in [0.25, 0.3) is 0 Å². The number of benzene rings is 1. The first-order chi connectivity index (χ1) is 8.38. The molecule has 0 atom stereocenters. The summed E-state index contributed by atoms with van der Waals surface area (Å²) in [4.78, 5) is 11.5. The van der Waals surface area contributed by atoms with Crippen molar-refractivity contribution in [2.24, 2.45) is 0 Å². The summed E-state index contributed by atoms with van der Waals surface area (Å²) in [5, 5.41) is 9.21. The maximum absolute atomic E-state index is 13.0. The Kier molecular flexibility index (Phi) is 5.14. The van der Waals surface area contributed by atoms with E-state index >= 15 is 0 Å². The van der Waals surface area contributed by atoms with Crippen molar-refractivity contribution in [3.05, 3.63) is 28.8 Å². The highest BCUT2D eigenvalue weighted by Crippen LogP contribution is 2.37. The Bertz CT molecular complexity index is 445. The molecule has 2 nitrogen and oxygen atoms in total. The highest BCUT2D eigenvalue weighted by Gasteiger charge is 2.21. The normalized spacial score (nSPS) is 11.3. The molecule has 1 aromatic rings. The number of rotatable bonds is 5. The zero-order valence-corrected chi connectivity index (χ0v) is 11.4. The Morgan fingerprint density at radius 2 is 2.00 bits per heavy atom. The first-order valence-electron chi connectivity index (χ1n) is 5.72. The number of carboxylic acids is 1. The maximum Gasteiger partial charge on any atom is 0.336 e. The van der Waals surface area contributed by atoms with Gasteiger partial charge in [-0.25, -0.2) is 13.6 Å². The van der Waals surface area contributed by atoms with Crippen LogP contribution < -0.4 is 0 Å². The van der Waals surface area contributed by atoms with Crippen LogP contribution in [0, 0.1) is 0 Å². The molecule has 0 aliphatic carbocycles. The molecule has 0 unspecified atom stereocenters. The van der Waals surface area contributed by atoms with Gasteiger partial charge in [0.05, 0.1) is 5.56 Å². The molecule has 0 aliphatic rings. The van der Waals surface area contributed by atoms with E-state index in [1.807, 2.05) is 13.8 Å². The number of thioether (sulfide) groups is 1. The van der Waals surface area contributed by atoms with Crippen molar-refractivity contribution in [3.63, 3.8) is 0 Å². The van der Waals surface area contributed by atoms with Crippen molar-refractivity contribution >= 4 is 17.7 Å². The fourth-order valence-electron chi connectivity index (χ4n) is 1.74. The largest absolute Gasteiger partial charge is 0.478 e. The van der Waals surface area contributed by atoms with E-state index in [0.717, 1.165) is 0 Å². The summed E-state index contributed by atoms with van der Waals surface area (Å²) in [5.74, 6) is -1.07. The average molecular weight is 274 g/mol. The summed E-state index contributed by atoms with van der Waals surface area (Å²) >= 11 is 1.29. The predicted molar refractivity (Wildman–Crippen MR) is 68.7 cm³/mol. The summed E-state index contributed by atoms with van der Waals surface area (Å²) < 4.78 is 25.9. The quantitative estimate of drug-likeness (QED) is 0.809. The van der Waals surface area contributed by atoms with Gasteiger partial charge in [-0.2, -0.15) is 0 Å². The molecule has 0 bridgehead atoms. The molecule has 100 valence electrons. The third-order valence-electron chi connectivity index (χ3n) is 2.46. The lowest BCUT2D eigenvalue weighted by Crippen LogP contribution is -2.07. The monoisotopic (exact) mass is 274 g/mol. The van der Waals surface area contributed by atoms with Gasteiger partial charge in [0.2, 0.25) is 0 Å². The van der Waals surface area contributed by atoms with Gasteiger partial charge < -0.3 is 5.11 Å². The summed E-state index contributed by atoms with van der Waals surface area (Å²) in [6.07, 6.45) is -2.16. The number of halogens is 2. The van der Waals surface area contributed by atoms with E-state index in [2.05, 4.69) is 0 Å². The second-order valence-electron chi connectivity index (χ2n) is 4.14. The van der Waals surface area contributed by atoms with E-state index in [1.165, 1.54) is 23.9 Å². The van der Waals surface area contributed by atoms with Gasteiger partial charge in [-0.15, -0.1) is 11.8 Å². The van der Waals surface area contributed by atoms with Gasteiger partial charge in [0.1, 0.15) is 0 Å². The molecule has 0 saturated carbocycles. The van der Waals surface area contributed by atoms with Crippen LogP contribution in [0.1, 0.15) is 48.7 Å². The molecule has 0 fully saturated rings. The highest BCUT2D eigenvalue weighted by atomic mass is 32.2. The molecule has 18 heavy (non-hydrogen) atoms. The molecule has 1 rings (SSSR count). The lowest BCUT2D eigenvalue weighted by atomic mass is 10.0. The molecule has 0 saturated heterocycles. The van der Waals surface area contributed by atoms with Crippen molar-refractivity contribution in [1.29, 1.82) is 0 Å². The molecule has 0 aromatic heterocycles. The Morgan fingerprint density at radius 3 is 2.39 bits per heavy atom. The first-order valence-corrected chi connectivity index (χ1v) is 6.60. The Morgan fingerprint density at radius 1 is 1.39 bits per heavy atom. The molecule has 0 amide bonds. The lowest BCUT2D eigenvalue weighted by Gasteiger charge is -2.17. The summed E-state index contributed by atoms with van der Waals surface area (Å²) in [6, 6.07) is 2.49. The van der Waals surface area contributed by atoms with Crippen LogP contribution in [0.2, 0.25) is 0 Å². The fourth-order valence-corrected chi connectivity index (χ4v) is 2.91.